The van der Waals surface area contributed by atoms with Gasteiger partial charge in [-0.3, -0.25) is 9.59 Å². The molecular formula is C24H25ClN3O4+. The third kappa shape index (κ3) is 4.40. The highest BCUT2D eigenvalue weighted by Gasteiger charge is 2.42. The number of nitrogens with zero attached hydrogens (tertiary/aromatic N) is 2. The summed E-state index contributed by atoms with van der Waals surface area (Å²) in [6, 6.07) is 16.5. The van der Waals surface area contributed by atoms with Crippen molar-refractivity contribution in [2.45, 2.75) is 13.5 Å². The van der Waals surface area contributed by atoms with Crippen LogP contribution in [0.1, 0.15) is 22.8 Å². The largest absolute Gasteiger partial charge is 0.462 e. The highest BCUT2D eigenvalue weighted by atomic mass is 35.5. The van der Waals surface area contributed by atoms with Crippen LogP contribution in [0.4, 0.5) is 5.69 Å². The number of esters is 1. The molecule has 32 heavy (non-hydrogen) atoms. The Labute approximate surface area is 191 Å². The molecule has 2 aliphatic heterocycles. The summed E-state index contributed by atoms with van der Waals surface area (Å²) in [5, 5.41) is -0.0593. The second-order valence-electron chi connectivity index (χ2n) is 7.78. The number of rotatable bonds is 6. The van der Waals surface area contributed by atoms with Gasteiger partial charge in [0.05, 0.1) is 44.0 Å². The third-order valence-corrected chi connectivity index (χ3v) is 6.07. The summed E-state index contributed by atoms with van der Waals surface area (Å²) in [6.07, 6.45) is 0. The summed E-state index contributed by atoms with van der Waals surface area (Å²) in [5.74, 6) is -1.43. The summed E-state index contributed by atoms with van der Waals surface area (Å²) in [4.78, 5) is 42.2. The number of imide groups is 1. The summed E-state index contributed by atoms with van der Waals surface area (Å²) in [6.45, 7) is 5.90. The van der Waals surface area contributed by atoms with Gasteiger partial charge in [-0.05, 0) is 31.2 Å². The molecule has 0 spiro atoms. The normalized spacial score (nSPS) is 17.3. The van der Waals surface area contributed by atoms with Gasteiger partial charge in [0.1, 0.15) is 17.3 Å². The van der Waals surface area contributed by atoms with Gasteiger partial charge < -0.3 is 14.5 Å². The van der Waals surface area contributed by atoms with E-state index in [1.54, 1.807) is 19.1 Å². The Bertz CT molecular complexity index is 1040. The Balaban J connectivity index is 1.43. The van der Waals surface area contributed by atoms with Gasteiger partial charge in [-0.1, -0.05) is 41.9 Å². The quantitative estimate of drug-likeness (QED) is 0.530. The zero-order valence-corrected chi connectivity index (χ0v) is 18.6. The van der Waals surface area contributed by atoms with Gasteiger partial charge in [0.15, 0.2) is 0 Å². The van der Waals surface area contributed by atoms with Crippen molar-refractivity contribution >= 4 is 35.1 Å². The van der Waals surface area contributed by atoms with Crippen LogP contribution in [0.2, 0.25) is 0 Å². The number of hydrogen-bond donors (Lipinski definition) is 1. The van der Waals surface area contributed by atoms with E-state index in [4.69, 9.17) is 16.3 Å². The molecule has 0 aliphatic carbocycles. The molecule has 2 aliphatic rings. The molecule has 0 aromatic heterocycles. The van der Waals surface area contributed by atoms with Gasteiger partial charge in [0, 0.05) is 5.56 Å². The summed E-state index contributed by atoms with van der Waals surface area (Å²) < 4.78 is 4.97. The smallest absolute Gasteiger partial charge is 0.338 e. The van der Waals surface area contributed by atoms with Gasteiger partial charge >= 0.3 is 5.97 Å². The van der Waals surface area contributed by atoms with E-state index < -0.39 is 17.8 Å². The Hall–Kier alpha value is -3.16. The van der Waals surface area contributed by atoms with Crippen LogP contribution in [0.5, 0.6) is 0 Å². The van der Waals surface area contributed by atoms with E-state index in [-0.39, 0.29) is 17.3 Å². The highest BCUT2D eigenvalue weighted by Crippen LogP contribution is 2.31. The minimum absolute atomic E-state index is 0.0593. The topological polar surface area (TPSA) is 71.4 Å². The van der Waals surface area contributed by atoms with E-state index in [9.17, 15) is 14.4 Å². The first-order chi connectivity index (χ1) is 15.5. The van der Waals surface area contributed by atoms with Gasteiger partial charge in [0.25, 0.3) is 11.8 Å². The molecule has 1 saturated heterocycles. The molecule has 4 rings (SSSR count). The Kier molecular flexibility index (Phi) is 6.58. The minimum atomic E-state index is -0.547. The third-order valence-electron chi connectivity index (χ3n) is 5.72. The summed E-state index contributed by atoms with van der Waals surface area (Å²) in [7, 11) is 0. The van der Waals surface area contributed by atoms with E-state index in [1.165, 1.54) is 22.6 Å². The SMILES string of the molecule is CCOC(=O)c1ccc(N2C(=O)C(Cl)=C(N3CC[NH+](Cc4ccccc4)CC3)C2=O)cc1. The molecule has 0 bridgehead atoms. The number of quaternary nitrogens is 1. The molecule has 166 valence electrons. The molecule has 0 saturated carbocycles. The van der Waals surface area contributed by atoms with Crippen molar-refractivity contribution in [1.82, 2.24) is 4.90 Å². The Morgan fingerprint density at radius 3 is 2.28 bits per heavy atom. The van der Waals surface area contributed by atoms with Crippen LogP contribution < -0.4 is 9.80 Å². The number of benzene rings is 2. The molecule has 7 nitrogen and oxygen atoms in total. The highest BCUT2D eigenvalue weighted by molar-refractivity contribution is 6.52. The van der Waals surface area contributed by atoms with E-state index in [0.717, 1.165) is 24.5 Å². The lowest BCUT2D eigenvalue weighted by Gasteiger charge is -2.33. The molecule has 2 amide bonds. The number of amides is 2. The van der Waals surface area contributed by atoms with Crippen LogP contribution in [0.15, 0.2) is 65.3 Å². The average molecular weight is 455 g/mol. The minimum Gasteiger partial charge on any atom is -0.462 e. The second-order valence-corrected chi connectivity index (χ2v) is 8.15. The molecule has 0 radical (unpaired) electrons. The number of carbonyl (C=O) groups is 3. The van der Waals surface area contributed by atoms with Crippen molar-refractivity contribution in [3.63, 3.8) is 0 Å². The molecule has 0 unspecified atom stereocenters. The van der Waals surface area contributed by atoms with Crippen molar-refractivity contribution in [2.75, 3.05) is 37.7 Å². The lowest BCUT2D eigenvalue weighted by Crippen LogP contribution is -3.13. The van der Waals surface area contributed by atoms with Gasteiger partial charge in [-0.2, -0.15) is 0 Å². The van der Waals surface area contributed by atoms with Crippen molar-refractivity contribution in [3.05, 3.63) is 76.5 Å². The first-order valence-electron chi connectivity index (χ1n) is 10.7. The van der Waals surface area contributed by atoms with Crippen molar-refractivity contribution < 1.29 is 24.0 Å². The molecule has 2 aromatic carbocycles. The molecular weight excluding hydrogens is 430 g/mol. The lowest BCUT2D eigenvalue weighted by atomic mass is 10.2. The maximum atomic E-state index is 13.1. The van der Waals surface area contributed by atoms with Gasteiger partial charge in [-0.15, -0.1) is 0 Å². The van der Waals surface area contributed by atoms with Crippen LogP contribution in [0, 0.1) is 0 Å². The summed E-state index contributed by atoms with van der Waals surface area (Å²) >= 11 is 6.34. The van der Waals surface area contributed by atoms with Crippen LogP contribution in [0.25, 0.3) is 0 Å². The van der Waals surface area contributed by atoms with E-state index in [1.807, 2.05) is 23.1 Å². The molecule has 2 heterocycles. The van der Waals surface area contributed by atoms with Crippen molar-refractivity contribution in [2.24, 2.45) is 0 Å². The maximum absolute atomic E-state index is 13.1. The molecule has 8 heteroatoms. The lowest BCUT2D eigenvalue weighted by molar-refractivity contribution is -0.917. The summed E-state index contributed by atoms with van der Waals surface area (Å²) in [5.41, 5.74) is 2.25. The van der Waals surface area contributed by atoms with E-state index >= 15 is 0 Å². The fourth-order valence-corrected chi connectivity index (χ4v) is 4.35. The standard InChI is InChI=1S/C24H24ClN3O4/c1-2-32-24(31)18-8-10-19(11-9-18)28-22(29)20(25)21(23(28)30)27-14-12-26(13-15-27)16-17-6-4-3-5-7-17/h3-11H,2,12-16H2,1H3/p+1. The van der Waals surface area contributed by atoms with Gasteiger partial charge in [-0.25, -0.2) is 9.69 Å². The molecule has 1 N–H and O–H groups in total. The predicted octanol–water partition coefficient (Wildman–Crippen LogP) is 1.59. The molecule has 1 fully saturated rings. The van der Waals surface area contributed by atoms with Gasteiger partial charge in [0.2, 0.25) is 0 Å². The van der Waals surface area contributed by atoms with Crippen LogP contribution in [-0.4, -0.2) is 55.5 Å². The van der Waals surface area contributed by atoms with E-state index in [2.05, 4.69) is 12.1 Å². The molecule has 2 aromatic rings. The fourth-order valence-electron chi connectivity index (χ4n) is 4.07. The fraction of sp³-hybridized carbons (Fsp3) is 0.292. The number of nitrogens with one attached hydrogen (secondary N) is 1. The number of anilines is 1. The Morgan fingerprint density at radius 2 is 1.66 bits per heavy atom. The zero-order chi connectivity index (χ0) is 22.7. The average Bonchev–Trinajstić information content (AvgIpc) is 3.03. The molecule has 0 atom stereocenters. The van der Waals surface area contributed by atoms with E-state index in [0.29, 0.717) is 24.3 Å². The first-order valence-corrected chi connectivity index (χ1v) is 11.1. The van der Waals surface area contributed by atoms with Crippen LogP contribution in [0.3, 0.4) is 0 Å². The van der Waals surface area contributed by atoms with Crippen LogP contribution >= 0.6 is 11.6 Å². The van der Waals surface area contributed by atoms with Crippen molar-refractivity contribution in [1.29, 1.82) is 0 Å². The monoisotopic (exact) mass is 454 g/mol. The predicted molar refractivity (Wildman–Crippen MR) is 120 cm³/mol. The van der Waals surface area contributed by atoms with Crippen LogP contribution in [-0.2, 0) is 20.9 Å². The number of carbonyl (C=O) groups excluding carboxylic acids is 3. The maximum Gasteiger partial charge on any atom is 0.338 e. The number of hydrogen-bond acceptors (Lipinski definition) is 5. The zero-order valence-electron chi connectivity index (χ0n) is 17.8. The number of piperazine rings is 1. The Morgan fingerprint density at radius 1 is 1.00 bits per heavy atom. The van der Waals surface area contributed by atoms with Crippen molar-refractivity contribution in [3.8, 4) is 0 Å². The first kappa shape index (κ1) is 22.0. The second kappa shape index (κ2) is 9.54. The number of halogens is 1. The number of ether oxygens (including phenoxy) is 1.